The summed E-state index contributed by atoms with van der Waals surface area (Å²) in [7, 11) is 0. The van der Waals surface area contributed by atoms with E-state index in [4.69, 9.17) is 10.8 Å². The number of nitrogens with two attached hydrogens (primary N) is 1. The zero-order valence-electron chi connectivity index (χ0n) is 10.8. The smallest absolute Gasteiger partial charge is 0.320 e. The van der Waals surface area contributed by atoms with Crippen LogP contribution in [0.25, 0.3) is 0 Å². The van der Waals surface area contributed by atoms with Crippen LogP contribution >= 0.6 is 0 Å². The Hall–Kier alpha value is -1.95. The van der Waals surface area contributed by atoms with Crippen LogP contribution in [0.1, 0.15) is 26.7 Å². The van der Waals surface area contributed by atoms with E-state index in [1.807, 2.05) is 13.8 Å². The van der Waals surface area contributed by atoms with Gasteiger partial charge in [-0.1, -0.05) is 33.1 Å². The first-order valence-electron chi connectivity index (χ1n) is 5.53. The second-order valence-electron chi connectivity index (χ2n) is 3.13. The Labute approximate surface area is 107 Å². The first-order valence-corrected chi connectivity index (χ1v) is 5.53. The predicted octanol–water partition coefficient (Wildman–Crippen LogP) is 2.11. The van der Waals surface area contributed by atoms with Gasteiger partial charge in [0.25, 0.3) is 5.70 Å². The second kappa shape index (κ2) is 10.2. The van der Waals surface area contributed by atoms with Crippen LogP contribution in [0.4, 0.5) is 0 Å². The molecule has 0 aromatic rings. The zero-order valence-corrected chi connectivity index (χ0v) is 10.8. The lowest BCUT2D eigenvalue weighted by Gasteiger charge is -2.06. The van der Waals surface area contributed by atoms with Gasteiger partial charge in [-0.3, -0.25) is 14.9 Å². The van der Waals surface area contributed by atoms with Crippen molar-refractivity contribution < 1.29 is 14.8 Å². The molecule has 0 aliphatic heterocycles. The number of rotatable bonds is 7. The Bertz CT molecular complexity index is 348. The average molecular weight is 256 g/mol. The summed E-state index contributed by atoms with van der Waals surface area (Å²) in [5, 5.41) is 19.1. The Morgan fingerprint density at radius 2 is 2.06 bits per heavy atom. The average Bonchev–Trinajstić information content (AvgIpc) is 2.34. The summed E-state index contributed by atoms with van der Waals surface area (Å²) >= 11 is 0. The highest BCUT2D eigenvalue weighted by atomic mass is 16.6. The Kier molecular flexibility index (Phi) is 10.5. The molecule has 1 unspecified atom stereocenters. The maximum atomic E-state index is 10.6. The number of hydrogen-bond acceptors (Lipinski definition) is 4. The number of nitro groups is 1. The van der Waals surface area contributed by atoms with Gasteiger partial charge < -0.3 is 10.8 Å². The molecule has 18 heavy (non-hydrogen) atoms. The number of carboxylic acids is 1. The molecule has 0 heterocycles. The summed E-state index contributed by atoms with van der Waals surface area (Å²) in [6, 6.07) is -1.03. The molecular weight excluding hydrogens is 236 g/mol. The quantitative estimate of drug-likeness (QED) is 0.412. The number of aliphatic carboxylic acids is 1. The molecule has 0 saturated heterocycles. The summed E-state index contributed by atoms with van der Waals surface area (Å²) in [6.07, 6.45) is 2.76. The third kappa shape index (κ3) is 7.34. The van der Waals surface area contributed by atoms with E-state index >= 15 is 0 Å². The minimum atomic E-state index is -1.14. The molecule has 0 amide bonds. The van der Waals surface area contributed by atoms with Crippen LogP contribution in [0.2, 0.25) is 0 Å². The number of allylic oxidation sites excluding steroid dienone is 3. The topological polar surface area (TPSA) is 106 Å². The van der Waals surface area contributed by atoms with Crippen molar-refractivity contribution in [3.8, 4) is 0 Å². The lowest BCUT2D eigenvalue weighted by molar-refractivity contribution is -0.421. The van der Waals surface area contributed by atoms with E-state index in [1.54, 1.807) is 0 Å². The molecule has 1 atom stereocenters. The molecule has 0 saturated carbocycles. The van der Waals surface area contributed by atoms with Crippen molar-refractivity contribution in [1.82, 2.24) is 0 Å². The van der Waals surface area contributed by atoms with E-state index in [9.17, 15) is 14.9 Å². The molecule has 0 spiro atoms. The van der Waals surface area contributed by atoms with E-state index in [-0.39, 0.29) is 24.1 Å². The van der Waals surface area contributed by atoms with Gasteiger partial charge in [0, 0.05) is 11.6 Å². The lowest BCUT2D eigenvalue weighted by atomic mass is 10.0. The SMILES string of the molecule is C=C/C=C(\C(=C)CCC(N)C(=O)O)[N+](=O)[O-].CC. The van der Waals surface area contributed by atoms with Crippen molar-refractivity contribution in [3.05, 3.63) is 46.7 Å². The predicted molar refractivity (Wildman–Crippen MR) is 70.6 cm³/mol. The van der Waals surface area contributed by atoms with Crippen LogP contribution in [0.15, 0.2) is 36.6 Å². The Balaban J connectivity index is 0. The summed E-state index contributed by atoms with van der Waals surface area (Å²) in [5.74, 6) is -1.14. The number of hydrogen-bond donors (Lipinski definition) is 2. The van der Waals surface area contributed by atoms with Gasteiger partial charge in [-0.25, -0.2) is 0 Å². The van der Waals surface area contributed by atoms with Crippen molar-refractivity contribution in [2.45, 2.75) is 32.7 Å². The monoisotopic (exact) mass is 256 g/mol. The van der Waals surface area contributed by atoms with Crippen LogP contribution in [0.3, 0.4) is 0 Å². The van der Waals surface area contributed by atoms with Crippen molar-refractivity contribution in [2.24, 2.45) is 5.73 Å². The molecule has 0 fully saturated rings. The minimum Gasteiger partial charge on any atom is -0.480 e. The molecule has 0 aliphatic carbocycles. The molecule has 0 aliphatic rings. The van der Waals surface area contributed by atoms with E-state index in [1.165, 1.54) is 12.2 Å². The third-order valence-electron chi connectivity index (χ3n) is 1.91. The van der Waals surface area contributed by atoms with Gasteiger partial charge in [0.2, 0.25) is 0 Å². The van der Waals surface area contributed by atoms with Crippen molar-refractivity contribution in [3.63, 3.8) is 0 Å². The normalized spacial score (nSPS) is 11.8. The molecule has 0 aromatic carbocycles. The Morgan fingerprint density at radius 3 is 2.39 bits per heavy atom. The lowest BCUT2D eigenvalue weighted by Crippen LogP contribution is -2.30. The van der Waals surface area contributed by atoms with Crippen molar-refractivity contribution in [2.75, 3.05) is 0 Å². The standard InChI is InChI=1S/C10H14N2O4.C2H6/c1-3-4-9(12(15)16)7(2)5-6-8(11)10(13)14;1-2/h3-4,8H,1-2,5-6,11H2,(H,13,14);1-2H3/b9-4+;. The highest BCUT2D eigenvalue weighted by Crippen LogP contribution is 2.15. The van der Waals surface area contributed by atoms with Crippen LogP contribution in [-0.2, 0) is 4.79 Å². The van der Waals surface area contributed by atoms with Gasteiger partial charge in [-0.15, -0.1) is 0 Å². The number of carbonyl (C=O) groups is 1. The summed E-state index contributed by atoms with van der Waals surface area (Å²) in [6.45, 7) is 10.9. The fourth-order valence-corrected chi connectivity index (χ4v) is 1.00. The zero-order chi connectivity index (χ0) is 14.7. The van der Waals surface area contributed by atoms with Gasteiger partial charge in [0.15, 0.2) is 0 Å². The largest absolute Gasteiger partial charge is 0.480 e. The molecule has 6 heteroatoms. The minimum absolute atomic E-state index is 0.108. The van der Waals surface area contributed by atoms with Gasteiger partial charge in [0.05, 0.1) is 4.92 Å². The fraction of sp³-hybridized carbons (Fsp3) is 0.417. The molecule has 0 rings (SSSR count). The molecule has 102 valence electrons. The van der Waals surface area contributed by atoms with Gasteiger partial charge in [0.1, 0.15) is 6.04 Å². The van der Waals surface area contributed by atoms with Gasteiger partial charge in [-0.2, -0.15) is 0 Å². The summed E-state index contributed by atoms with van der Waals surface area (Å²) in [4.78, 5) is 20.4. The van der Waals surface area contributed by atoms with E-state index < -0.39 is 16.9 Å². The van der Waals surface area contributed by atoms with Crippen LogP contribution in [0, 0.1) is 10.1 Å². The summed E-state index contributed by atoms with van der Waals surface area (Å²) in [5.41, 5.74) is 5.33. The van der Waals surface area contributed by atoms with Crippen molar-refractivity contribution in [1.29, 1.82) is 0 Å². The van der Waals surface area contributed by atoms with Gasteiger partial charge in [-0.05, 0) is 12.8 Å². The van der Waals surface area contributed by atoms with Crippen LogP contribution < -0.4 is 5.73 Å². The van der Waals surface area contributed by atoms with Crippen LogP contribution in [-0.4, -0.2) is 22.0 Å². The maximum Gasteiger partial charge on any atom is 0.320 e. The van der Waals surface area contributed by atoms with E-state index in [0.29, 0.717) is 0 Å². The van der Waals surface area contributed by atoms with Crippen LogP contribution in [0.5, 0.6) is 0 Å². The highest BCUT2D eigenvalue weighted by Gasteiger charge is 2.17. The fourth-order valence-electron chi connectivity index (χ4n) is 1.00. The molecule has 0 radical (unpaired) electrons. The molecule has 0 aromatic heterocycles. The Morgan fingerprint density at radius 1 is 1.56 bits per heavy atom. The van der Waals surface area contributed by atoms with Crippen molar-refractivity contribution >= 4 is 5.97 Å². The number of nitrogens with zero attached hydrogens (tertiary/aromatic N) is 1. The maximum absolute atomic E-state index is 10.6. The third-order valence-corrected chi connectivity index (χ3v) is 1.91. The molecule has 3 N–H and O–H groups in total. The molecular formula is C12H20N2O4. The first-order chi connectivity index (χ1) is 8.40. The van der Waals surface area contributed by atoms with E-state index in [0.717, 1.165) is 0 Å². The molecule has 6 nitrogen and oxygen atoms in total. The van der Waals surface area contributed by atoms with Gasteiger partial charge >= 0.3 is 5.97 Å². The number of carboxylic acid groups (broad SMARTS) is 1. The highest BCUT2D eigenvalue weighted by molar-refractivity contribution is 5.73. The summed E-state index contributed by atoms with van der Waals surface area (Å²) < 4.78 is 0. The second-order valence-corrected chi connectivity index (χ2v) is 3.13. The van der Waals surface area contributed by atoms with E-state index in [2.05, 4.69) is 13.2 Å². The first kappa shape index (κ1) is 18.4. The molecule has 0 bridgehead atoms.